The van der Waals surface area contributed by atoms with E-state index < -0.39 is 16.1 Å². The molecule has 0 saturated carbocycles. The van der Waals surface area contributed by atoms with Gasteiger partial charge in [0, 0.05) is 31.1 Å². The van der Waals surface area contributed by atoms with Gasteiger partial charge in [-0.1, -0.05) is 37.1 Å². The van der Waals surface area contributed by atoms with E-state index in [1.807, 2.05) is 26.0 Å². The molecule has 2 rings (SSSR count). The number of anilines is 1. The average molecular weight is 552 g/mol. The van der Waals surface area contributed by atoms with E-state index >= 15 is 0 Å². The summed E-state index contributed by atoms with van der Waals surface area (Å²) in [5, 5.41) is 3.48. The molecule has 0 spiro atoms. The van der Waals surface area contributed by atoms with E-state index in [0.717, 1.165) is 24.7 Å². The Kier molecular flexibility index (Phi) is 12.2. The molecular weight excluding hydrogens is 514 g/mol. The SMILES string of the molecule is CCCCNC(=O)C(C)N(Cc1ccc(Cl)cc1)C(=O)CCCN(c1ccc(OCC)cc1)S(C)(=O)=O. The van der Waals surface area contributed by atoms with E-state index in [4.69, 9.17) is 16.3 Å². The highest BCUT2D eigenvalue weighted by Gasteiger charge is 2.26. The van der Waals surface area contributed by atoms with Crippen LogP contribution in [0.25, 0.3) is 0 Å². The molecular formula is C27H38ClN3O5S. The van der Waals surface area contributed by atoms with Gasteiger partial charge < -0.3 is 15.0 Å². The van der Waals surface area contributed by atoms with Crippen LogP contribution in [-0.4, -0.2) is 57.1 Å². The Bertz CT molecular complexity index is 1110. The molecule has 2 amide bonds. The molecule has 2 aromatic carbocycles. The first kappa shape index (κ1) is 30.4. The van der Waals surface area contributed by atoms with Gasteiger partial charge in [-0.05, 0) is 68.7 Å². The lowest BCUT2D eigenvalue weighted by molar-refractivity contribution is -0.140. The van der Waals surface area contributed by atoms with Gasteiger partial charge in [0.15, 0.2) is 0 Å². The second-order valence-corrected chi connectivity index (χ2v) is 11.2. The number of sulfonamides is 1. The van der Waals surface area contributed by atoms with Crippen molar-refractivity contribution in [1.82, 2.24) is 10.2 Å². The lowest BCUT2D eigenvalue weighted by Gasteiger charge is -2.29. The molecule has 0 saturated heterocycles. The van der Waals surface area contributed by atoms with Crippen molar-refractivity contribution in [2.75, 3.05) is 30.3 Å². The summed E-state index contributed by atoms with van der Waals surface area (Å²) < 4.78 is 31.7. The molecule has 0 aliphatic rings. The number of nitrogens with one attached hydrogen (secondary N) is 1. The van der Waals surface area contributed by atoms with Crippen LogP contribution in [0.15, 0.2) is 48.5 Å². The largest absolute Gasteiger partial charge is 0.494 e. The molecule has 0 aliphatic heterocycles. The molecule has 1 unspecified atom stereocenters. The summed E-state index contributed by atoms with van der Waals surface area (Å²) >= 11 is 6.00. The third-order valence-electron chi connectivity index (χ3n) is 5.85. The molecule has 8 nitrogen and oxygen atoms in total. The van der Waals surface area contributed by atoms with Crippen molar-refractivity contribution in [3.8, 4) is 5.75 Å². The van der Waals surface area contributed by atoms with E-state index in [2.05, 4.69) is 5.32 Å². The van der Waals surface area contributed by atoms with E-state index in [0.29, 0.717) is 36.0 Å². The molecule has 0 aromatic heterocycles. The van der Waals surface area contributed by atoms with E-state index in [-0.39, 0.29) is 31.3 Å². The summed E-state index contributed by atoms with van der Waals surface area (Å²) in [6, 6.07) is 13.2. The van der Waals surface area contributed by atoms with Gasteiger partial charge in [0.2, 0.25) is 21.8 Å². The number of carbonyl (C=O) groups excluding carboxylic acids is 2. The molecule has 0 aliphatic carbocycles. The maximum absolute atomic E-state index is 13.3. The van der Waals surface area contributed by atoms with Crippen molar-refractivity contribution in [2.45, 2.75) is 59.0 Å². The third kappa shape index (κ3) is 9.89. The fraction of sp³-hybridized carbons (Fsp3) is 0.481. The Morgan fingerprint density at radius 3 is 2.24 bits per heavy atom. The van der Waals surface area contributed by atoms with Crippen LogP contribution in [0.2, 0.25) is 5.02 Å². The van der Waals surface area contributed by atoms with Crippen LogP contribution < -0.4 is 14.4 Å². The first-order chi connectivity index (χ1) is 17.6. The van der Waals surface area contributed by atoms with Gasteiger partial charge in [-0.15, -0.1) is 0 Å². The Morgan fingerprint density at radius 2 is 1.68 bits per heavy atom. The minimum absolute atomic E-state index is 0.0865. The molecule has 2 aromatic rings. The minimum Gasteiger partial charge on any atom is -0.494 e. The van der Waals surface area contributed by atoms with E-state index in [1.165, 1.54) is 9.21 Å². The van der Waals surface area contributed by atoms with Gasteiger partial charge in [-0.2, -0.15) is 0 Å². The van der Waals surface area contributed by atoms with Crippen LogP contribution in [0.3, 0.4) is 0 Å². The lowest BCUT2D eigenvalue weighted by Crippen LogP contribution is -2.47. The predicted molar refractivity (Wildman–Crippen MR) is 148 cm³/mol. The smallest absolute Gasteiger partial charge is 0.242 e. The van der Waals surface area contributed by atoms with Crippen molar-refractivity contribution in [3.05, 3.63) is 59.1 Å². The summed E-state index contributed by atoms with van der Waals surface area (Å²) in [7, 11) is -3.57. The quantitative estimate of drug-likeness (QED) is 0.326. The highest BCUT2D eigenvalue weighted by Crippen LogP contribution is 2.23. The summed E-state index contributed by atoms with van der Waals surface area (Å²) in [6.07, 6.45) is 3.33. The monoisotopic (exact) mass is 551 g/mol. The second-order valence-electron chi connectivity index (χ2n) is 8.83. The molecule has 204 valence electrons. The van der Waals surface area contributed by atoms with Gasteiger partial charge in [0.05, 0.1) is 18.6 Å². The predicted octanol–water partition coefficient (Wildman–Crippen LogP) is 4.62. The number of rotatable bonds is 15. The van der Waals surface area contributed by atoms with E-state index in [1.54, 1.807) is 43.3 Å². The summed E-state index contributed by atoms with van der Waals surface area (Å²) in [5.41, 5.74) is 1.35. The highest BCUT2D eigenvalue weighted by atomic mass is 35.5. The Hall–Kier alpha value is -2.78. The topological polar surface area (TPSA) is 96.0 Å². The minimum atomic E-state index is -3.57. The van der Waals surface area contributed by atoms with Crippen molar-refractivity contribution in [3.63, 3.8) is 0 Å². The highest BCUT2D eigenvalue weighted by molar-refractivity contribution is 7.92. The van der Waals surface area contributed by atoms with Crippen LogP contribution in [0.1, 0.15) is 52.0 Å². The number of unbranched alkanes of at least 4 members (excludes halogenated alkanes) is 1. The second kappa shape index (κ2) is 14.8. The average Bonchev–Trinajstić information content (AvgIpc) is 2.86. The number of hydrogen-bond donors (Lipinski definition) is 1. The van der Waals surface area contributed by atoms with Gasteiger partial charge >= 0.3 is 0 Å². The fourth-order valence-corrected chi connectivity index (χ4v) is 4.88. The zero-order valence-corrected chi connectivity index (χ0v) is 23.6. The molecule has 0 bridgehead atoms. The zero-order chi connectivity index (χ0) is 27.4. The molecule has 10 heteroatoms. The van der Waals surface area contributed by atoms with Gasteiger partial charge in [0.1, 0.15) is 11.8 Å². The maximum atomic E-state index is 13.3. The van der Waals surface area contributed by atoms with E-state index in [9.17, 15) is 18.0 Å². The molecule has 0 fully saturated rings. The van der Waals surface area contributed by atoms with Crippen LogP contribution in [0, 0.1) is 0 Å². The molecule has 1 atom stereocenters. The number of amides is 2. The summed E-state index contributed by atoms with van der Waals surface area (Å²) in [6.45, 7) is 7.06. The summed E-state index contributed by atoms with van der Waals surface area (Å²) in [4.78, 5) is 27.6. The van der Waals surface area contributed by atoms with Crippen molar-refractivity contribution in [1.29, 1.82) is 0 Å². The molecule has 37 heavy (non-hydrogen) atoms. The number of ether oxygens (including phenoxy) is 1. The standard InChI is InChI=1S/C27H38ClN3O5S/c1-5-7-18-29-27(33)21(3)30(20-22-10-12-23(28)13-11-22)26(32)9-8-19-31(37(4,34)35)24-14-16-25(17-15-24)36-6-2/h10-17,21H,5-9,18-20H2,1-4H3,(H,29,33). The Morgan fingerprint density at radius 1 is 1.03 bits per heavy atom. The van der Waals surface area contributed by atoms with Crippen molar-refractivity contribution >= 4 is 39.1 Å². The van der Waals surface area contributed by atoms with Crippen molar-refractivity contribution in [2.24, 2.45) is 0 Å². The number of nitrogens with zero attached hydrogens (tertiary/aromatic N) is 2. The van der Waals surface area contributed by atoms with Crippen LogP contribution >= 0.6 is 11.6 Å². The molecule has 1 N–H and O–H groups in total. The number of carbonyl (C=O) groups is 2. The number of hydrogen-bond acceptors (Lipinski definition) is 5. The first-order valence-corrected chi connectivity index (χ1v) is 14.8. The number of halogens is 1. The lowest BCUT2D eigenvalue weighted by atomic mass is 10.1. The first-order valence-electron chi connectivity index (χ1n) is 12.6. The van der Waals surface area contributed by atoms with Gasteiger partial charge in [-0.3, -0.25) is 13.9 Å². The van der Waals surface area contributed by atoms with Gasteiger partial charge in [-0.25, -0.2) is 8.42 Å². The Balaban J connectivity index is 2.12. The molecule has 0 radical (unpaired) electrons. The Labute approximate surface area is 226 Å². The van der Waals surface area contributed by atoms with Crippen LogP contribution in [0.5, 0.6) is 5.75 Å². The maximum Gasteiger partial charge on any atom is 0.242 e. The normalized spacial score (nSPS) is 12.0. The van der Waals surface area contributed by atoms with Crippen LogP contribution in [0.4, 0.5) is 5.69 Å². The molecule has 0 heterocycles. The van der Waals surface area contributed by atoms with Crippen LogP contribution in [-0.2, 0) is 26.2 Å². The third-order valence-corrected chi connectivity index (χ3v) is 7.30. The van der Waals surface area contributed by atoms with Crippen molar-refractivity contribution < 1.29 is 22.7 Å². The zero-order valence-electron chi connectivity index (χ0n) is 22.1. The number of benzene rings is 2. The fourth-order valence-electron chi connectivity index (χ4n) is 3.78. The summed E-state index contributed by atoms with van der Waals surface area (Å²) in [5.74, 6) is 0.204. The van der Waals surface area contributed by atoms with Gasteiger partial charge in [0.25, 0.3) is 0 Å².